The Morgan fingerprint density at radius 1 is 1.12 bits per heavy atom. The summed E-state index contributed by atoms with van der Waals surface area (Å²) in [7, 11) is 0. The molecule has 3 nitrogen and oxygen atoms in total. The minimum absolute atomic E-state index is 0.0679. The smallest absolute Gasteiger partial charge is 0.194 e. The van der Waals surface area contributed by atoms with E-state index in [-0.39, 0.29) is 5.78 Å². The highest BCUT2D eigenvalue weighted by Crippen LogP contribution is 2.28. The van der Waals surface area contributed by atoms with Crippen LogP contribution in [0.5, 0.6) is 0 Å². The molecule has 2 heterocycles. The fourth-order valence-corrected chi connectivity index (χ4v) is 3.60. The Bertz CT molecular complexity index is 1110. The summed E-state index contributed by atoms with van der Waals surface area (Å²) in [6.07, 6.45) is 5.39. The van der Waals surface area contributed by atoms with Crippen molar-refractivity contribution in [1.82, 2.24) is 9.38 Å². The molecular formula is C21H15ClN2OS. The number of thiazole rings is 1. The molecular weight excluding hydrogens is 364 g/mol. The van der Waals surface area contributed by atoms with Gasteiger partial charge < -0.3 is 0 Å². The maximum absolute atomic E-state index is 12.5. The van der Waals surface area contributed by atoms with Gasteiger partial charge in [0.2, 0.25) is 0 Å². The lowest BCUT2D eigenvalue weighted by Crippen LogP contribution is -1.94. The van der Waals surface area contributed by atoms with Gasteiger partial charge in [0.05, 0.1) is 11.4 Å². The van der Waals surface area contributed by atoms with E-state index >= 15 is 0 Å². The van der Waals surface area contributed by atoms with Gasteiger partial charge in [0.15, 0.2) is 10.7 Å². The first-order valence-corrected chi connectivity index (χ1v) is 9.38. The molecule has 4 rings (SSSR count). The van der Waals surface area contributed by atoms with Crippen LogP contribution in [-0.4, -0.2) is 15.2 Å². The van der Waals surface area contributed by atoms with Crippen molar-refractivity contribution in [1.29, 1.82) is 0 Å². The zero-order chi connectivity index (χ0) is 18.1. The maximum atomic E-state index is 12.5. The fourth-order valence-electron chi connectivity index (χ4n) is 2.75. The number of aryl methyl sites for hydroxylation is 1. The lowest BCUT2D eigenvalue weighted by atomic mass is 10.1. The predicted octanol–water partition coefficient (Wildman–Crippen LogP) is 5.92. The van der Waals surface area contributed by atoms with E-state index in [0.29, 0.717) is 10.6 Å². The Kier molecular flexibility index (Phi) is 4.45. The molecule has 26 heavy (non-hydrogen) atoms. The number of hydrogen-bond acceptors (Lipinski definition) is 3. The van der Waals surface area contributed by atoms with Crippen molar-refractivity contribution in [3.05, 3.63) is 88.0 Å². The maximum Gasteiger partial charge on any atom is 0.194 e. The van der Waals surface area contributed by atoms with E-state index in [1.807, 2.05) is 22.1 Å². The van der Waals surface area contributed by atoms with E-state index in [1.165, 1.54) is 5.56 Å². The Morgan fingerprint density at radius 3 is 2.58 bits per heavy atom. The molecule has 5 heteroatoms. The third-order valence-electron chi connectivity index (χ3n) is 4.15. The van der Waals surface area contributed by atoms with Crippen LogP contribution in [0.2, 0.25) is 5.02 Å². The van der Waals surface area contributed by atoms with E-state index in [0.717, 1.165) is 21.9 Å². The first-order chi connectivity index (χ1) is 12.6. The van der Waals surface area contributed by atoms with Crippen molar-refractivity contribution in [2.45, 2.75) is 6.92 Å². The van der Waals surface area contributed by atoms with E-state index in [9.17, 15) is 4.79 Å². The lowest BCUT2D eigenvalue weighted by Gasteiger charge is -2.01. The Balaban J connectivity index is 1.74. The van der Waals surface area contributed by atoms with Gasteiger partial charge in [0.25, 0.3) is 0 Å². The van der Waals surface area contributed by atoms with Gasteiger partial charge in [-0.05, 0) is 43.3 Å². The Labute approximate surface area is 160 Å². The van der Waals surface area contributed by atoms with E-state index in [1.54, 1.807) is 41.7 Å². The largest absolute Gasteiger partial charge is 0.290 e. The molecule has 128 valence electrons. The molecule has 0 atom stereocenters. The normalized spacial score (nSPS) is 11.5. The van der Waals surface area contributed by atoms with Gasteiger partial charge in [-0.3, -0.25) is 9.20 Å². The third kappa shape index (κ3) is 3.21. The minimum Gasteiger partial charge on any atom is -0.290 e. The SMILES string of the molecule is Cc1ccc(-c2nc3sccn3c2/C=C/C(=O)c2ccc(Cl)cc2)cc1. The number of halogens is 1. The van der Waals surface area contributed by atoms with Crippen LogP contribution in [0.4, 0.5) is 0 Å². The second-order valence-corrected chi connectivity index (χ2v) is 7.28. The molecule has 2 aromatic heterocycles. The average Bonchev–Trinajstić information content (AvgIpc) is 3.22. The number of carbonyl (C=O) groups excluding carboxylic acids is 1. The molecule has 0 aliphatic rings. The number of nitrogens with zero attached hydrogens (tertiary/aromatic N) is 2. The van der Waals surface area contributed by atoms with E-state index in [4.69, 9.17) is 16.6 Å². The molecule has 0 fully saturated rings. The average molecular weight is 379 g/mol. The molecule has 0 radical (unpaired) electrons. The number of aromatic nitrogens is 2. The van der Waals surface area contributed by atoms with Crippen molar-refractivity contribution in [2.75, 3.05) is 0 Å². The molecule has 0 saturated carbocycles. The Hall–Kier alpha value is -2.69. The first kappa shape index (κ1) is 16.8. The number of allylic oxidation sites excluding steroid dienone is 1. The van der Waals surface area contributed by atoms with Crippen LogP contribution in [0.25, 0.3) is 22.3 Å². The van der Waals surface area contributed by atoms with Gasteiger partial charge in [0.1, 0.15) is 0 Å². The third-order valence-corrected chi connectivity index (χ3v) is 5.15. The molecule has 0 spiro atoms. The van der Waals surface area contributed by atoms with Gasteiger partial charge in [0, 0.05) is 27.7 Å². The summed E-state index contributed by atoms with van der Waals surface area (Å²) in [5, 5.41) is 2.60. The number of rotatable bonds is 4. The monoisotopic (exact) mass is 378 g/mol. The van der Waals surface area contributed by atoms with Crippen LogP contribution in [0.3, 0.4) is 0 Å². The van der Waals surface area contributed by atoms with Gasteiger partial charge >= 0.3 is 0 Å². The van der Waals surface area contributed by atoms with Gasteiger partial charge in [-0.25, -0.2) is 4.98 Å². The topological polar surface area (TPSA) is 34.4 Å². The molecule has 0 amide bonds. The van der Waals surface area contributed by atoms with Gasteiger partial charge in [-0.2, -0.15) is 0 Å². The summed E-state index contributed by atoms with van der Waals surface area (Å²) >= 11 is 7.46. The number of hydrogen-bond donors (Lipinski definition) is 0. The van der Waals surface area contributed by atoms with E-state index in [2.05, 4.69) is 31.2 Å². The summed E-state index contributed by atoms with van der Waals surface area (Å²) in [5.74, 6) is -0.0679. The number of imidazole rings is 1. The molecule has 0 saturated heterocycles. The zero-order valence-electron chi connectivity index (χ0n) is 14.0. The van der Waals surface area contributed by atoms with Crippen molar-refractivity contribution in [3.63, 3.8) is 0 Å². The second kappa shape index (κ2) is 6.90. The van der Waals surface area contributed by atoms with Gasteiger partial charge in [-0.1, -0.05) is 41.4 Å². The molecule has 2 aromatic carbocycles. The quantitative estimate of drug-likeness (QED) is 0.326. The molecule has 0 N–H and O–H groups in total. The van der Waals surface area contributed by atoms with E-state index < -0.39 is 0 Å². The Morgan fingerprint density at radius 2 is 1.85 bits per heavy atom. The van der Waals surface area contributed by atoms with Crippen LogP contribution in [-0.2, 0) is 0 Å². The second-order valence-electron chi connectivity index (χ2n) is 5.97. The number of fused-ring (bicyclic) bond motifs is 1. The van der Waals surface area contributed by atoms with Crippen LogP contribution in [0, 0.1) is 6.92 Å². The zero-order valence-corrected chi connectivity index (χ0v) is 15.6. The van der Waals surface area contributed by atoms with Crippen molar-refractivity contribution in [2.24, 2.45) is 0 Å². The molecule has 0 unspecified atom stereocenters. The molecule has 4 aromatic rings. The summed E-state index contributed by atoms with van der Waals surface area (Å²) in [4.78, 5) is 18.1. The number of ketones is 1. The number of benzene rings is 2. The van der Waals surface area contributed by atoms with Crippen molar-refractivity contribution >= 4 is 39.8 Å². The summed E-state index contributed by atoms with van der Waals surface area (Å²) in [5.41, 5.74) is 4.60. The van der Waals surface area contributed by atoms with Crippen LogP contribution in [0.15, 0.2) is 66.2 Å². The highest BCUT2D eigenvalue weighted by molar-refractivity contribution is 7.15. The highest BCUT2D eigenvalue weighted by Gasteiger charge is 2.13. The van der Waals surface area contributed by atoms with Crippen LogP contribution in [0.1, 0.15) is 21.6 Å². The molecule has 0 aliphatic heterocycles. The highest BCUT2D eigenvalue weighted by atomic mass is 35.5. The first-order valence-electron chi connectivity index (χ1n) is 8.12. The van der Waals surface area contributed by atoms with Crippen LogP contribution < -0.4 is 0 Å². The predicted molar refractivity (Wildman–Crippen MR) is 108 cm³/mol. The fraction of sp³-hybridized carbons (Fsp3) is 0.0476. The van der Waals surface area contributed by atoms with Crippen molar-refractivity contribution < 1.29 is 4.79 Å². The summed E-state index contributed by atoms with van der Waals surface area (Å²) < 4.78 is 2.01. The minimum atomic E-state index is -0.0679. The summed E-state index contributed by atoms with van der Waals surface area (Å²) in [6.45, 7) is 2.06. The summed E-state index contributed by atoms with van der Waals surface area (Å²) in [6, 6.07) is 15.1. The standard InChI is InChI=1S/C21H15ClN2OS/c1-14-2-4-16(5-3-14)20-18(24-12-13-26-21(24)23-20)10-11-19(25)15-6-8-17(22)9-7-15/h2-13H,1H3/b11-10+. The van der Waals surface area contributed by atoms with Crippen LogP contribution >= 0.6 is 22.9 Å². The van der Waals surface area contributed by atoms with Crippen molar-refractivity contribution in [3.8, 4) is 11.3 Å². The number of carbonyl (C=O) groups is 1. The lowest BCUT2D eigenvalue weighted by molar-refractivity contribution is 0.104. The van der Waals surface area contributed by atoms with Gasteiger partial charge in [-0.15, -0.1) is 11.3 Å². The molecule has 0 bridgehead atoms. The molecule has 0 aliphatic carbocycles.